The van der Waals surface area contributed by atoms with Crippen LogP contribution in [0.5, 0.6) is 11.6 Å². The number of carbonyl (C=O) groups is 1. The number of nitrogens with one attached hydrogen (secondary N) is 2. The number of carbonyl (C=O) groups excluding carboxylic acids is 1. The highest BCUT2D eigenvalue weighted by molar-refractivity contribution is 7.17. The molecule has 0 spiro atoms. The molecule has 0 saturated carbocycles. The van der Waals surface area contributed by atoms with Gasteiger partial charge in [-0.05, 0) is 55.6 Å². The summed E-state index contributed by atoms with van der Waals surface area (Å²) in [5.41, 5.74) is 3.27. The van der Waals surface area contributed by atoms with E-state index in [9.17, 15) is 4.79 Å². The van der Waals surface area contributed by atoms with Gasteiger partial charge in [-0.1, -0.05) is 18.2 Å². The number of hydrogen-bond acceptors (Lipinski definition) is 6. The van der Waals surface area contributed by atoms with E-state index in [4.69, 9.17) is 9.47 Å². The van der Waals surface area contributed by atoms with Crippen molar-refractivity contribution in [2.24, 2.45) is 7.05 Å². The largest absolute Gasteiger partial charge is 0.489 e. The molecule has 8 heteroatoms. The summed E-state index contributed by atoms with van der Waals surface area (Å²) >= 11 is 1.63. The van der Waals surface area contributed by atoms with E-state index in [0.717, 1.165) is 53.1 Å². The molecular weight excluding hydrogens is 436 g/mol. The van der Waals surface area contributed by atoms with Gasteiger partial charge in [-0.15, -0.1) is 11.3 Å². The first kappa shape index (κ1) is 21.5. The van der Waals surface area contributed by atoms with Gasteiger partial charge < -0.3 is 24.7 Å². The lowest BCUT2D eigenvalue weighted by Crippen LogP contribution is -2.34. The summed E-state index contributed by atoms with van der Waals surface area (Å²) in [7, 11) is 1.91. The monoisotopic (exact) mass is 462 g/mol. The molecule has 5 rings (SSSR count). The van der Waals surface area contributed by atoms with Crippen LogP contribution in [0, 0.1) is 0 Å². The van der Waals surface area contributed by atoms with E-state index in [-0.39, 0.29) is 12.0 Å². The Kier molecular flexibility index (Phi) is 6.28. The fourth-order valence-electron chi connectivity index (χ4n) is 4.00. The second-order valence-electron chi connectivity index (χ2n) is 8.06. The summed E-state index contributed by atoms with van der Waals surface area (Å²) in [5.74, 6) is 1.12. The third-order valence-corrected chi connectivity index (χ3v) is 6.69. The van der Waals surface area contributed by atoms with Crippen molar-refractivity contribution in [2.75, 3.05) is 18.4 Å². The Morgan fingerprint density at radius 1 is 1.21 bits per heavy atom. The van der Waals surface area contributed by atoms with Gasteiger partial charge in [0, 0.05) is 24.4 Å². The van der Waals surface area contributed by atoms with Crippen molar-refractivity contribution in [1.29, 1.82) is 0 Å². The number of para-hydroxylation sites is 1. The van der Waals surface area contributed by atoms with Crippen LogP contribution >= 0.6 is 11.3 Å². The van der Waals surface area contributed by atoms with E-state index in [0.29, 0.717) is 18.2 Å². The molecule has 0 unspecified atom stereocenters. The lowest BCUT2D eigenvalue weighted by Gasteiger charge is -2.23. The number of amides is 1. The maximum atomic E-state index is 12.9. The maximum absolute atomic E-state index is 12.9. The average molecular weight is 463 g/mol. The minimum Gasteiger partial charge on any atom is -0.489 e. The van der Waals surface area contributed by atoms with Crippen LogP contribution in [0.1, 0.15) is 28.9 Å². The van der Waals surface area contributed by atoms with Gasteiger partial charge in [-0.3, -0.25) is 4.79 Å². The van der Waals surface area contributed by atoms with E-state index in [2.05, 4.69) is 15.6 Å². The van der Waals surface area contributed by atoms with E-state index >= 15 is 0 Å². The predicted octanol–water partition coefficient (Wildman–Crippen LogP) is 4.60. The van der Waals surface area contributed by atoms with Crippen LogP contribution in [0.4, 0.5) is 5.69 Å². The van der Waals surface area contributed by atoms with Crippen LogP contribution in [0.15, 0.2) is 60.1 Å². The Hall–Kier alpha value is -3.36. The van der Waals surface area contributed by atoms with Crippen molar-refractivity contribution in [3.8, 4) is 11.6 Å². The summed E-state index contributed by atoms with van der Waals surface area (Å²) in [6, 6.07) is 15.3. The van der Waals surface area contributed by atoms with Crippen molar-refractivity contribution >= 4 is 33.1 Å². The lowest BCUT2D eigenvalue weighted by molar-refractivity contribution is 0.101. The van der Waals surface area contributed by atoms with Gasteiger partial charge in [0.2, 0.25) is 5.88 Å². The Bertz CT molecular complexity index is 1240. The Morgan fingerprint density at radius 3 is 2.85 bits per heavy atom. The van der Waals surface area contributed by atoms with Crippen LogP contribution in [-0.2, 0) is 13.7 Å². The highest BCUT2D eigenvalue weighted by atomic mass is 32.1. The van der Waals surface area contributed by atoms with E-state index in [1.807, 2.05) is 65.5 Å². The third-order valence-electron chi connectivity index (χ3n) is 5.84. The zero-order valence-corrected chi connectivity index (χ0v) is 19.2. The molecule has 2 N–H and O–H groups in total. The first-order valence-electron chi connectivity index (χ1n) is 11.1. The van der Waals surface area contributed by atoms with Gasteiger partial charge in [0.25, 0.3) is 5.91 Å². The number of piperidine rings is 1. The quantitative estimate of drug-likeness (QED) is 0.420. The topological polar surface area (TPSA) is 77.4 Å². The normalized spacial score (nSPS) is 14.3. The van der Waals surface area contributed by atoms with Crippen molar-refractivity contribution in [3.63, 3.8) is 0 Å². The molecular formula is C25H26N4O3S. The van der Waals surface area contributed by atoms with Crippen LogP contribution in [0.3, 0.4) is 0 Å². The van der Waals surface area contributed by atoms with E-state index in [1.165, 1.54) is 0 Å². The maximum Gasteiger partial charge on any atom is 0.272 e. The van der Waals surface area contributed by atoms with Crippen LogP contribution in [0.25, 0.3) is 10.2 Å². The summed E-state index contributed by atoms with van der Waals surface area (Å²) < 4.78 is 14.9. The number of ether oxygens (including phenoxy) is 2. The molecule has 0 atom stereocenters. The van der Waals surface area contributed by atoms with Crippen molar-refractivity contribution in [1.82, 2.24) is 14.9 Å². The number of aromatic nitrogens is 2. The number of hydrogen-bond donors (Lipinski definition) is 2. The fraction of sp³-hybridized carbons (Fsp3) is 0.280. The smallest absolute Gasteiger partial charge is 0.272 e. The van der Waals surface area contributed by atoms with Crippen LogP contribution in [0.2, 0.25) is 0 Å². The molecule has 0 radical (unpaired) electrons. The number of aryl methyl sites for hydroxylation is 1. The molecule has 170 valence electrons. The van der Waals surface area contributed by atoms with Gasteiger partial charge in [0.15, 0.2) is 0 Å². The standard InChI is InChI=1S/C25H26N4O3S/c1-29-21-10-13-33-23(21)14-22(29)25(30)28-20-5-3-2-4-17(20)16-31-24-7-6-19(15-27-24)32-18-8-11-26-12-9-18/h2-7,10,13-15,18,26H,8-9,11-12,16H2,1H3,(H,28,30). The number of nitrogens with zero attached hydrogens (tertiary/aromatic N) is 2. The van der Waals surface area contributed by atoms with Crippen LogP contribution < -0.4 is 20.1 Å². The van der Waals surface area contributed by atoms with Gasteiger partial charge in [-0.2, -0.15) is 0 Å². The molecule has 7 nitrogen and oxygen atoms in total. The zero-order chi connectivity index (χ0) is 22.6. The summed E-state index contributed by atoms with van der Waals surface area (Å²) in [4.78, 5) is 17.3. The third kappa shape index (κ3) is 4.86. The molecule has 1 aromatic carbocycles. The number of rotatable bonds is 7. The molecule has 33 heavy (non-hydrogen) atoms. The molecule has 4 heterocycles. The first-order valence-corrected chi connectivity index (χ1v) is 11.9. The minimum atomic E-state index is -0.147. The van der Waals surface area contributed by atoms with Crippen molar-refractivity contribution in [2.45, 2.75) is 25.6 Å². The van der Waals surface area contributed by atoms with Gasteiger partial charge >= 0.3 is 0 Å². The van der Waals surface area contributed by atoms with Gasteiger partial charge in [0.1, 0.15) is 24.2 Å². The first-order chi connectivity index (χ1) is 16.2. The Labute approximate surface area is 196 Å². The molecule has 1 fully saturated rings. The SMILES string of the molecule is Cn1c(C(=O)Nc2ccccc2COc2ccc(OC3CCNCC3)cn2)cc2sccc21. The molecule has 1 aliphatic rings. The average Bonchev–Trinajstić information content (AvgIpc) is 3.43. The van der Waals surface area contributed by atoms with Crippen molar-refractivity contribution in [3.05, 3.63) is 71.4 Å². The van der Waals surface area contributed by atoms with Gasteiger partial charge in [-0.25, -0.2) is 4.98 Å². The molecule has 0 aliphatic carbocycles. The Balaban J connectivity index is 1.22. The number of pyridine rings is 1. The summed E-state index contributed by atoms with van der Waals surface area (Å²) in [6.07, 6.45) is 3.94. The zero-order valence-electron chi connectivity index (χ0n) is 18.4. The van der Waals surface area contributed by atoms with Crippen LogP contribution in [-0.4, -0.2) is 34.7 Å². The minimum absolute atomic E-state index is 0.147. The molecule has 4 aromatic rings. The number of benzene rings is 1. The molecule has 1 aliphatic heterocycles. The second-order valence-corrected chi connectivity index (χ2v) is 9.01. The molecule has 1 amide bonds. The highest BCUT2D eigenvalue weighted by Crippen LogP contribution is 2.26. The Morgan fingerprint density at radius 2 is 2.06 bits per heavy atom. The van der Waals surface area contributed by atoms with E-state index in [1.54, 1.807) is 17.5 Å². The lowest BCUT2D eigenvalue weighted by atomic mass is 10.1. The number of anilines is 1. The molecule has 0 bridgehead atoms. The molecule has 3 aromatic heterocycles. The molecule has 1 saturated heterocycles. The second kappa shape index (κ2) is 9.64. The van der Waals surface area contributed by atoms with Gasteiger partial charge in [0.05, 0.1) is 16.4 Å². The van der Waals surface area contributed by atoms with Crippen molar-refractivity contribution < 1.29 is 14.3 Å². The fourth-order valence-corrected chi connectivity index (χ4v) is 4.85. The highest BCUT2D eigenvalue weighted by Gasteiger charge is 2.16. The summed E-state index contributed by atoms with van der Waals surface area (Å²) in [6.45, 7) is 2.26. The number of thiophene rings is 1. The predicted molar refractivity (Wildman–Crippen MR) is 130 cm³/mol. The number of fused-ring (bicyclic) bond motifs is 1. The van der Waals surface area contributed by atoms with E-state index < -0.39 is 0 Å². The summed E-state index contributed by atoms with van der Waals surface area (Å²) in [5, 5.41) is 8.39.